The lowest BCUT2D eigenvalue weighted by Crippen LogP contribution is -2.13. The van der Waals surface area contributed by atoms with E-state index in [1.165, 1.54) is 122 Å². The molecule has 27 heavy (non-hydrogen) atoms. The average molecular weight is 401 g/mol. The molecule has 0 aromatic heterocycles. The van der Waals surface area contributed by atoms with E-state index in [-0.39, 0.29) is 10.0 Å². The molecule has 1 unspecified atom stereocenters. The van der Waals surface area contributed by atoms with E-state index in [2.05, 4.69) is 27.0 Å². The van der Waals surface area contributed by atoms with Gasteiger partial charge in [-0.2, -0.15) is 0 Å². The summed E-state index contributed by atoms with van der Waals surface area (Å²) in [6.45, 7) is 6.97. The molecule has 166 valence electrons. The lowest BCUT2D eigenvalue weighted by Gasteiger charge is -2.37. The Hall–Kier alpha value is 0.350. The highest BCUT2D eigenvalue weighted by molar-refractivity contribution is 8.33. The van der Waals surface area contributed by atoms with Gasteiger partial charge in [0, 0.05) is 0 Å². The van der Waals surface area contributed by atoms with Gasteiger partial charge in [-0.25, -0.2) is 10.0 Å². The quantitative estimate of drug-likeness (QED) is 0.159. The van der Waals surface area contributed by atoms with Gasteiger partial charge < -0.3 is 0 Å². The molecule has 0 saturated carbocycles. The Bertz CT molecular complexity index is 275. The van der Waals surface area contributed by atoms with Crippen molar-refractivity contribution < 1.29 is 0 Å². The molecule has 0 N–H and O–H groups in total. The van der Waals surface area contributed by atoms with E-state index in [1.54, 1.807) is 17.3 Å². The van der Waals surface area contributed by atoms with Gasteiger partial charge in [-0.3, -0.25) is 0 Å². The lowest BCUT2D eigenvalue weighted by molar-refractivity contribution is 0.585. The van der Waals surface area contributed by atoms with Gasteiger partial charge in [0.25, 0.3) is 0 Å². The maximum atomic E-state index is 2.71. The second-order valence-electron chi connectivity index (χ2n) is 9.25. The first-order chi connectivity index (χ1) is 13.2. The van der Waals surface area contributed by atoms with Gasteiger partial charge in [0.1, 0.15) is 0 Å². The summed E-state index contributed by atoms with van der Waals surface area (Å²) in [5.41, 5.74) is 0. The number of hydrogen-bond donors (Lipinski definition) is 0. The summed E-state index contributed by atoms with van der Waals surface area (Å²) in [7, 11) is -0.320. The number of hydrogen-bond acceptors (Lipinski definition) is 0. The second-order valence-corrected chi connectivity index (χ2v) is 13.4. The van der Waals surface area contributed by atoms with Gasteiger partial charge in [-0.15, -0.1) is 0 Å². The van der Waals surface area contributed by atoms with Crippen molar-refractivity contribution >= 4 is 10.0 Å². The van der Waals surface area contributed by atoms with Crippen molar-refractivity contribution in [2.24, 2.45) is 0 Å². The fourth-order valence-corrected chi connectivity index (χ4v) is 7.49. The van der Waals surface area contributed by atoms with Crippen LogP contribution in [0.4, 0.5) is 0 Å². The van der Waals surface area contributed by atoms with E-state index < -0.39 is 0 Å². The van der Waals surface area contributed by atoms with Crippen LogP contribution in [-0.4, -0.2) is 23.5 Å². The molecule has 0 aromatic carbocycles. The predicted octanol–water partition coefficient (Wildman–Crippen LogP) is 9.89. The minimum atomic E-state index is -0.320. The van der Waals surface area contributed by atoms with Crippen molar-refractivity contribution in [1.29, 1.82) is 0 Å². The Labute approximate surface area is 176 Å². The van der Waals surface area contributed by atoms with Gasteiger partial charge in [0.15, 0.2) is 0 Å². The van der Waals surface area contributed by atoms with Crippen LogP contribution in [0.25, 0.3) is 0 Å². The third kappa shape index (κ3) is 19.4. The molecule has 0 spiro atoms. The predicted molar refractivity (Wildman–Crippen MR) is 133 cm³/mol. The van der Waals surface area contributed by atoms with E-state index in [9.17, 15) is 0 Å². The molecule has 0 fully saturated rings. The van der Waals surface area contributed by atoms with Crippen LogP contribution in [-0.2, 0) is 0 Å². The molecule has 0 heterocycles. The number of rotatable bonds is 22. The normalized spacial score (nSPS) is 15.0. The molecule has 0 bridgehead atoms. The van der Waals surface area contributed by atoms with Crippen LogP contribution in [0.3, 0.4) is 0 Å². The van der Waals surface area contributed by atoms with Gasteiger partial charge in [0.05, 0.1) is 0 Å². The molecule has 0 rings (SSSR count). The monoisotopic (exact) mass is 400 g/mol. The van der Waals surface area contributed by atoms with Crippen LogP contribution in [0.1, 0.15) is 143 Å². The highest BCUT2D eigenvalue weighted by atomic mass is 32.3. The smallest absolute Gasteiger partial charge is 0.0230 e. The summed E-state index contributed by atoms with van der Waals surface area (Å²) in [5, 5.41) is 0. The minimum Gasteiger partial charge on any atom is -0.244 e. The maximum absolute atomic E-state index is 2.71. The molecular formula is C26H56S. The summed E-state index contributed by atoms with van der Waals surface area (Å²) in [6, 6.07) is 0. The van der Waals surface area contributed by atoms with Crippen LogP contribution >= 0.6 is 10.0 Å². The van der Waals surface area contributed by atoms with E-state index in [0.29, 0.717) is 0 Å². The fourth-order valence-electron chi connectivity index (χ4n) is 4.18. The Morgan fingerprint density at radius 2 is 0.556 bits per heavy atom. The second kappa shape index (κ2) is 21.1. The van der Waals surface area contributed by atoms with Crippen LogP contribution in [0.2, 0.25) is 0 Å². The van der Waals surface area contributed by atoms with Crippen molar-refractivity contribution in [3.63, 3.8) is 0 Å². The molecule has 0 aliphatic carbocycles. The molecule has 1 heteroatoms. The fraction of sp³-hybridized carbons (Fsp3) is 1.00. The maximum Gasteiger partial charge on any atom is -0.0230 e. The van der Waals surface area contributed by atoms with E-state index in [1.807, 2.05) is 0 Å². The van der Waals surface area contributed by atoms with E-state index in [0.717, 1.165) is 0 Å². The molecular weight excluding hydrogens is 344 g/mol. The van der Waals surface area contributed by atoms with Gasteiger partial charge in [-0.05, 0) is 42.8 Å². The molecule has 0 saturated heterocycles. The summed E-state index contributed by atoms with van der Waals surface area (Å²) in [6.07, 6.45) is 30.6. The molecule has 0 aliphatic rings. The highest BCUT2D eigenvalue weighted by Gasteiger charge is 2.17. The Balaban J connectivity index is 3.99. The standard InChI is InChI=1S/C26H56S/c1-5-8-11-14-16-17-20-23-26-27(4,24-21-18-13-10-7-3)25-22-19-15-12-9-6-2/h5-26H2,1-4H3. The van der Waals surface area contributed by atoms with Crippen LogP contribution in [0, 0.1) is 0 Å². The van der Waals surface area contributed by atoms with Crippen molar-refractivity contribution in [3.05, 3.63) is 0 Å². The van der Waals surface area contributed by atoms with Crippen LogP contribution < -0.4 is 0 Å². The SMILES string of the molecule is CCCCCCCCCCS(C)(CCCCCCC)CCCCCCCC. The topological polar surface area (TPSA) is 0 Å². The third-order valence-corrected chi connectivity index (χ3v) is 10.0. The zero-order valence-corrected chi connectivity index (χ0v) is 20.8. The first-order valence-corrected chi connectivity index (χ1v) is 15.4. The summed E-state index contributed by atoms with van der Waals surface area (Å²) < 4.78 is 0. The average Bonchev–Trinajstić information content (AvgIpc) is 2.67. The summed E-state index contributed by atoms with van der Waals surface area (Å²) in [4.78, 5) is 0. The van der Waals surface area contributed by atoms with Crippen LogP contribution in [0.15, 0.2) is 0 Å². The number of unbranched alkanes of at least 4 members (excludes halogenated alkanes) is 16. The molecule has 1 atom stereocenters. The largest absolute Gasteiger partial charge is 0.244 e. The zero-order chi connectivity index (χ0) is 20.1. The summed E-state index contributed by atoms with van der Waals surface area (Å²) in [5.74, 6) is 4.72. The first kappa shape index (κ1) is 27.4. The Kier molecular flexibility index (Phi) is 21.3. The van der Waals surface area contributed by atoms with Gasteiger partial charge >= 0.3 is 0 Å². The van der Waals surface area contributed by atoms with Crippen molar-refractivity contribution in [2.75, 3.05) is 23.5 Å². The van der Waals surface area contributed by atoms with E-state index in [4.69, 9.17) is 0 Å². The zero-order valence-electron chi connectivity index (χ0n) is 20.0. The van der Waals surface area contributed by atoms with Crippen molar-refractivity contribution in [2.45, 2.75) is 143 Å². The van der Waals surface area contributed by atoms with E-state index >= 15 is 0 Å². The van der Waals surface area contributed by atoms with Crippen LogP contribution in [0.5, 0.6) is 0 Å². The third-order valence-electron chi connectivity index (χ3n) is 6.22. The summed E-state index contributed by atoms with van der Waals surface area (Å²) >= 11 is 0. The highest BCUT2D eigenvalue weighted by Crippen LogP contribution is 2.47. The molecule has 0 aromatic rings. The van der Waals surface area contributed by atoms with Crippen molar-refractivity contribution in [3.8, 4) is 0 Å². The van der Waals surface area contributed by atoms with Gasteiger partial charge in [-0.1, -0.05) is 124 Å². The molecule has 0 nitrogen and oxygen atoms in total. The Morgan fingerprint density at radius 3 is 0.815 bits per heavy atom. The lowest BCUT2D eigenvalue weighted by atomic mass is 10.1. The Morgan fingerprint density at radius 1 is 0.333 bits per heavy atom. The molecule has 0 aliphatic heterocycles. The first-order valence-electron chi connectivity index (χ1n) is 12.9. The molecule has 0 radical (unpaired) electrons. The van der Waals surface area contributed by atoms with Crippen molar-refractivity contribution in [1.82, 2.24) is 0 Å². The molecule has 0 amide bonds. The minimum absolute atomic E-state index is 0.320. The van der Waals surface area contributed by atoms with Gasteiger partial charge in [0.2, 0.25) is 0 Å².